The van der Waals surface area contributed by atoms with Crippen LogP contribution in [-0.4, -0.2) is 51.9 Å². The van der Waals surface area contributed by atoms with Gasteiger partial charge in [-0.1, -0.05) is 89.8 Å². The van der Waals surface area contributed by atoms with Crippen molar-refractivity contribution in [3.8, 4) is 11.5 Å². The number of hydrogen-bond acceptors (Lipinski definition) is 15. The van der Waals surface area contributed by atoms with Crippen molar-refractivity contribution in [2.75, 3.05) is 45.9 Å². The molecule has 0 saturated heterocycles. The lowest BCUT2D eigenvalue weighted by Gasteiger charge is -2.26. The molecule has 0 aromatic heterocycles. The number of esters is 1. The maximum Gasteiger partial charge on any atom is 0.311 e. The molecule has 16 heteroatoms. The summed E-state index contributed by atoms with van der Waals surface area (Å²) in [7, 11) is 4.02. The molecule has 5 aromatic rings. The Morgan fingerprint density at radius 2 is 0.913 bits per heavy atom. The van der Waals surface area contributed by atoms with Crippen molar-refractivity contribution in [1.82, 2.24) is 0 Å². The van der Waals surface area contributed by atoms with E-state index in [0.717, 1.165) is 43.5 Å². The Balaban J connectivity index is 0.00000249. The first-order valence-corrected chi connectivity index (χ1v) is 23.7. The zero-order valence-electron chi connectivity index (χ0n) is 41.3. The Kier molecular flexibility index (Phi) is 23.8. The van der Waals surface area contributed by atoms with E-state index in [2.05, 4.69) is 52.7 Å². The standard InChI is InChI=1S/C52H65N9O4.CH3NO2/c1-7-9-10-11-12-13-14-15-16-20-35-61(36-37-65-51(62)52(3,4)8-2)46-33-31-45(32-34-46)58-60-48-39-49(63-5)47(38-50(48)64-6)59-57-44-29-27-43(28-30-44)56-55-42-25-23-41(24-26-42)54-53-40-21-18-17-19-22-40;1-2(3)4/h17-19,21-34,38-39H,7-16,20,35-37H2,1-6H3;1H3. The van der Waals surface area contributed by atoms with E-state index in [1.54, 1.807) is 26.4 Å². The average Bonchev–Trinajstić information content (AvgIpc) is 3.36. The van der Waals surface area contributed by atoms with Crippen molar-refractivity contribution in [2.45, 2.75) is 98.3 Å². The average molecular weight is 941 g/mol. The third-order valence-electron chi connectivity index (χ3n) is 11.1. The van der Waals surface area contributed by atoms with Gasteiger partial charge >= 0.3 is 5.97 Å². The molecule has 0 fully saturated rings. The lowest BCUT2D eigenvalue weighted by atomic mass is 9.91. The maximum absolute atomic E-state index is 12.7. The van der Waals surface area contributed by atoms with Gasteiger partial charge in [-0.05, 0) is 112 Å². The van der Waals surface area contributed by atoms with Gasteiger partial charge in [0.05, 0.1) is 60.3 Å². The molecule has 366 valence electrons. The molecule has 0 amide bonds. The summed E-state index contributed by atoms with van der Waals surface area (Å²) < 4.78 is 17.1. The van der Waals surface area contributed by atoms with Crippen LogP contribution >= 0.6 is 0 Å². The number of nitro groups is 1. The quantitative estimate of drug-likeness (QED) is 0.0164. The molecular formula is C53H68N10O6. The van der Waals surface area contributed by atoms with Crippen LogP contribution < -0.4 is 14.4 Å². The molecule has 0 atom stereocenters. The maximum atomic E-state index is 12.7. The van der Waals surface area contributed by atoms with Crippen LogP contribution in [0.3, 0.4) is 0 Å². The fourth-order valence-corrected chi connectivity index (χ4v) is 6.62. The van der Waals surface area contributed by atoms with Crippen LogP contribution in [0.1, 0.15) is 98.3 Å². The van der Waals surface area contributed by atoms with Crippen LogP contribution in [0, 0.1) is 15.5 Å². The predicted molar refractivity (Wildman–Crippen MR) is 274 cm³/mol. The first-order chi connectivity index (χ1) is 33.4. The van der Waals surface area contributed by atoms with Gasteiger partial charge in [-0.25, -0.2) is 0 Å². The number of nitrogens with zero attached hydrogens (tertiary/aromatic N) is 10. The highest BCUT2D eigenvalue weighted by Crippen LogP contribution is 2.41. The number of anilines is 1. The summed E-state index contributed by atoms with van der Waals surface area (Å²) in [5.41, 5.74) is 5.65. The summed E-state index contributed by atoms with van der Waals surface area (Å²) in [6.07, 6.45) is 13.5. The number of unbranched alkanes of at least 4 members (excludes halogenated alkanes) is 9. The number of carbonyl (C=O) groups is 1. The van der Waals surface area contributed by atoms with Gasteiger partial charge in [0.1, 0.15) is 29.5 Å². The minimum Gasteiger partial charge on any atom is -0.494 e. The van der Waals surface area contributed by atoms with Crippen molar-refractivity contribution in [3.05, 3.63) is 125 Å². The summed E-state index contributed by atoms with van der Waals surface area (Å²) in [5.74, 6) is 0.765. The minimum atomic E-state index is -0.500. The van der Waals surface area contributed by atoms with Gasteiger partial charge in [0, 0.05) is 29.3 Å². The van der Waals surface area contributed by atoms with E-state index in [9.17, 15) is 4.79 Å². The van der Waals surface area contributed by atoms with E-state index in [4.69, 9.17) is 24.3 Å². The largest absolute Gasteiger partial charge is 0.494 e. The van der Waals surface area contributed by atoms with E-state index < -0.39 is 10.3 Å². The van der Waals surface area contributed by atoms with Crippen LogP contribution in [0.15, 0.2) is 156 Å². The first kappa shape index (κ1) is 54.4. The topological polar surface area (TPSA) is 190 Å². The molecule has 5 rings (SSSR count). The SMILES string of the molecule is CCCCCCCCCCCCN(CCOC(=O)C(C)(C)CC)c1ccc(N=Nc2cc(OC)c(N=Nc3ccc(N=Nc4ccc(N=Nc5ccccc5)cc4)cc3)cc2OC)cc1.C[N+](=O)[O-]. The number of methoxy groups -OCH3 is 2. The van der Waals surface area contributed by atoms with Crippen molar-refractivity contribution >= 4 is 57.2 Å². The van der Waals surface area contributed by atoms with Crippen molar-refractivity contribution in [1.29, 1.82) is 0 Å². The van der Waals surface area contributed by atoms with E-state index >= 15 is 0 Å². The van der Waals surface area contributed by atoms with Crippen molar-refractivity contribution in [2.24, 2.45) is 46.3 Å². The van der Waals surface area contributed by atoms with Crippen LogP contribution in [0.2, 0.25) is 0 Å². The fourth-order valence-electron chi connectivity index (χ4n) is 6.62. The zero-order valence-corrected chi connectivity index (χ0v) is 41.3. The molecule has 16 nitrogen and oxygen atoms in total. The van der Waals surface area contributed by atoms with Crippen molar-refractivity contribution < 1.29 is 23.9 Å². The normalized spacial score (nSPS) is 11.6. The lowest BCUT2D eigenvalue weighted by Crippen LogP contribution is -2.32. The molecule has 0 heterocycles. The molecule has 0 aliphatic heterocycles. The first-order valence-electron chi connectivity index (χ1n) is 23.7. The van der Waals surface area contributed by atoms with Crippen LogP contribution in [0.4, 0.5) is 51.2 Å². The highest BCUT2D eigenvalue weighted by molar-refractivity contribution is 5.75. The molecule has 0 aliphatic rings. The van der Waals surface area contributed by atoms with Gasteiger partial charge in [0.15, 0.2) is 7.05 Å². The number of carbonyl (C=O) groups excluding carboxylic acids is 1. The van der Waals surface area contributed by atoms with Gasteiger partial charge in [0.25, 0.3) is 0 Å². The molecule has 0 aliphatic carbocycles. The molecule has 0 bridgehead atoms. The van der Waals surface area contributed by atoms with Crippen molar-refractivity contribution in [3.63, 3.8) is 0 Å². The van der Waals surface area contributed by atoms with E-state index in [1.165, 1.54) is 57.8 Å². The summed E-state index contributed by atoms with van der Waals surface area (Å²) in [6.45, 7) is 9.95. The van der Waals surface area contributed by atoms with Gasteiger partial charge in [-0.15, -0.1) is 10.2 Å². The van der Waals surface area contributed by atoms with Gasteiger partial charge in [-0.3, -0.25) is 14.9 Å². The number of hydrogen-bond donors (Lipinski definition) is 0. The molecule has 69 heavy (non-hydrogen) atoms. The summed E-state index contributed by atoms with van der Waals surface area (Å²) in [4.78, 5) is 23.3. The molecule has 0 radical (unpaired) electrons. The number of rotatable bonds is 27. The van der Waals surface area contributed by atoms with E-state index in [-0.39, 0.29) is 5.97 Å². The zero-order chi connectivity index (χ0) is 49.7. The monoisotopic (exact) mass is 941 g/mol. The lowest BCUT2D eigenvalue weighted by molar-refractivity contribution is -0.445. The van der Waals surface area contributed by atoms with Gasteiger partial charge in [0.2, 0.25) is 0 Å². The van der Waals surface area contributed by atoms with Crippen LogP contribution in [0.25, 0.3) is 0 Å². The molecule has 0 spiro atoms. The second kappa shape index (κ2) is 30.2. The smallest absolute Gasteiger partial charge is 0.311 e. The summed E-state index contributed by atoms with van der Waals surface area (Å²) in [5, 5.41) is 43.9. The molecule has 0 saturated carbocycles. The molecular weight excluding hydrogens is 873 g/mol. The van der Waals surface area contributed by atoms with E-state index in [1.807, 2.05) is 124 Å². The Morgan fingerprint density at radius 3 is 1.30 bits per heavy atom. The molecule has 0 N–H and O–H groups in total. The minimum absolute atomic E-state index is 0.161. The summed E-state index contributed by atoms with van der Waals surface area (Å²) in [6, 6.07) is 35.6. The van der Waals surface area contributed by atoms with Crippen LogP contribution in [0.5, 0.6) is 11.5 Å². The molecule has 5 aromatic carbocycles. The number of azo groups is 4. The highest BCUT2D eigenvalue weighted by Gasteiger charge is 2.27. The second-order valence-corrected chi connectivity index (χ2v) is 16.9. The highest BCUT2D eigenvalue weighted by atomic mass is 16.6. The van der Waals surface area contributed by atoms with Gasteiger partial charge in [-0.2, -0.15) is 30.7 Å². The second-order valence-electron chi connectivity index (χ2n) is 16.9. The third kappa shape index (κ3) is 20.3. The van der Waals surface area contributed by atoms with E-state index in [0.29, 0.717) is 58.8 Å². The fraction of sp³-hybridized carbons (Fsp3) is 0.415. The third-order valence-corrected chi connectivity index (χ3v) is 11.1. The van der Waals surface area contributed by atoms with Crippen LogP contribution in [-0.2, 0) is 9.53 Å². The Morgan fingerprint density at radius 1 is 0.551 bits per heavy atom. The Labute approximate surface area is 407 Å². The summed E-state index contributed by atoms with van der Waals surface area (Å²) >= 11 is 0. The number of benzene rings is 5. The Bertz CT molecular complexity index is 2400. The van der Waals surface area contributed by atoms with Gasteiger partial charge < -0.3 is 19.1 Å². The molecule has 0 unspecified atom stereocenters. The predicted octanol–water partition coefficient (Wildman–Crippen LogP) is 17.0. The number of ether oxygens (including phenoxy) is 3. The Hall–Kier alpha value is -7.23.